The van der Waals surface area contributed by atoms with Crippen LogP contribution in [0.15, 0.2) is 24.5 Å². The van der Waals surface area contributed by atoms with E-state index in [9.17, 15) is 4.79 Å². The second kappa shape index (κ2) is 7.66. The second-order valence-electron chi connectivity index (χ2n) is 7.37. The first-order valence-corrected chi connectivity index (χ1v) is 10.3. The number of carbonyl (C=O) groups is 1. The number of piperidine rings is 1. The van der Waals surface area contributed by atoms with Crippen LogP contribution < -0.4 is 0 Å². The van der Waals surface area contributed by atoms with Gasteiger partial charge in [0.15, 0.2) is 0 Å². The number of likely N-dealkylation sites (tertiary alicyclic amines) is 2. The van der Waals surface area contributed by atoms with Gasteiger partial charge in [-0.3, -0.25) is 14.7 Å². The molecule has 0 aromatic carbocycles. The van der Waals surface area contributed by atoms with Gasteiger partial charge in [0.05, 0.1) is 22.8 Å². The average molecular weight is 387 g/mol. The van der Waals surface area contributed by atoms with Crippen LogP contribution in [0, 0.1) is 13.8 Å². The molecular formula is C20H26N4O2S. The smallest absolute Gasteiger partial charge is 0.265 e. The molecule has 0 bridgehead atoms. The quantitative estimate of drug-likeness (QED) is 0.809. The van der Waals surface area contributed by atoms with Gasteiger partial charge in [-0.05, 0) is 44.4 Å². The first-order valence-electron chi connectivity index (χ1n) is 9.50. The van der Waals surface area contributed by atoms with E-state index in [1.54, 1.807) is 7.11 Å². The number of methoxy groups -OCH3 is 1. The molecule has 0 N–H and O–H groups in total. The molecule has 1 amide bonds. The van der Waals surface area contributed by atoms with Crippen LogP contribution in [0.2, 0.25) is 0 Å². The molecule has 0 saturated carbocycles. The molecular weight excluding hydrogens is 360 g/mol. The molecule has 0 spiro atoms. The normalized spacial score (nSPS) is 24.0. The van der Waals surface area contributed by atoms with E-state index >= 15 is 0 Å². The number of ether oxygens (including phenoxy) is 1. The third-order valence-corrected chi connectivity index (χ3v) is 6.83. The van der Waals surface area contributed by atoms with E-state index < -0.39 is 0 Å². The van der Waals surface area contributed by atoms with Gasteiger partial charge >= 0.3 is 0 Å². The summed E-state index contributed by atoms with van der Waals surface area (Å²) in [5, 5.41) is 0.956. The van der Waals surface area contributed by atoms with Crippen molar-refractivity contribution in [2.45, 2.75) is 44.9 Å². The van der Waals surface area contributed by atoms with E-state index in [0.717, 1.165) is 48.1 Å². The minimum Gasteiger partial charge on any atom is -0.378 e. The molecule has 2 fully saturated rings. The fraction of sp³-hybridized carbons (Fsp3) is 0.550. The zero-order valence-electron chi connectivity index (χ0n) is 16.1. The topological polar surface area (TPSA) is 58.6 Å². The summed E-state index contributed by atoms with van der Waals surface area (Å²) in [5.41, 5.74) is 2.12. The number of hydrogen-bond acceptors (Lipinski definition) is 6. The number of nitrogens with zero attached hydrogens (tertiary/aromatic N) is 4. The Morgan fingerprint density at radius 1 is 1.22 bits per heavy atom. The van der Waals surface area contributed by atoms with Crippen molar-refractivity contribution >= 4 is 17.2 Å². The van der Waals surface area contributed by atoms with Crippen LogP contribution in [0.5, 0.6) is 0 Å². The van der Waals surface area contributed by atoms with Gasteiger partial charge in [0.1, 0.15) is 4.88 Å². The Balaban J connectivity index is 1.40. The van der Waals surface area contributed by atoms with Crippen LogP contribution in [0.4, 0.5) is 0 Å². The Labute approximate surface area is 164 Å². The van der Waals surface area contributed by atoms with E-state index in [1.807, 2.05) is 31.1 Å². The van der Waals surface area contributed by atoms with Gasteiger partial charge in [-0.1, -0.05) is 0 Å². The van der Waals surface area contributed by atoms with Crippen LogP contribution in [0.1, 0.15) is 44.8 Å². The summed E-state index contributed by atoms with van der Waals surface area (Å²) in [6.45, 7) is 6.44. The van der Waals surface area contributed by atoms with Gasteiger partial charge in [-0.25, -0.2) is 4.98 Å². The first-order chi connectivity index (χ1) is 13.1. The van der Waals surface area contributed by atoms with Crippen LogP contribution in [0.3, 0.4) is 0 Å². The number of carbonyl (C=O) groups excluding carboxylic acids is 1. The molecule has 2 aliphatic rings. The fourth-order valence-electron chi connectivity index (χ4n) is 4.32. The predicted octanol–water partition coefficient (Wildman–Crippen LogP) is 2.83. The Hall–Kier alpha value is -1.83. The summed E-state index contributed by atoms with van der Waals surface area (Å²) < 4.78 is 5.67. The summed E-state index contributed by atoms with van der Waals surface area (Å²) in [4.78, 5) is 26.7. The number of rotatable bonds is 4. The Morgan fingerprint density at radius 3 is 2.52 bits per heavy atom. The molecule has 2 aliphatic heterocycles. The number of amides is 1. The number of aryl methyl sites for hydroxylation is 2. The summed E-state index contributed by atoms with van der Waals surface area (Å²) in [7, 11) is 1.79. The van der Waals surface area contributed by atoms with Crippen molar-refractivity contribution in [3.63, 3.8) is 0 Å². The van der Waals surface area contributed by atoms with Crippen molar-refractivity contribution in [1.82, 2.24) is 19.8 Å². The summed E-state index contributed by atoms with van der Waals surface area (Å²) in [6.07, 6.45) is 5.93. The number of aromatic nitrogens is 2. The molecule has 2 aromatic rings. The lowest BCUT2D eigenvalue weighted by atomic mass is 9.87. The highest BCUT2D eigenvalue weighted by atomic mass is 32.1. The van der Waals surface area contributed by atoms with Crippen molar-refractivity contribution in [1.29, 1.82) is 0 Å². The number of thiazole rings is 1. The van der Waals surface area contributed by atoms with Gasteiger partial charge in [0.25, 0.3) is 5.91 Å². The third-order valence-electron chi connectivity index (χ3n) is 5.77. The van der Waals surface area contributed by atoms with Gasteiger partial charge in [-0.15, -0.1) is 11.3 Å². The van der Waals surface area contributed by atoms with Crippen molar-refractivity contribution < 1.29 is 9.53 Å². The molecule has 7 heteroatoms. The maximum absolute atomic E-state index is 12.8. The number of hydrogen-bond donors (Lipinski definition) is 0. The van der Waals surface area contributed by atoms with Gasteiger partial charge in [-0.2, -0.15) is 0 Å². The SMILES string of the molecule is COC1CN(C2CCN(C(=O)c3sc(C)nc3C)CC2)C1c1ccncc1. The van der Waals surface area contributed by atoms with Crippen LogP contribution in [0.25, 0.3) is 0 Å². The monoisotopic (exact) mass is 386 g/mol. The maximum atomic E-state index is 12.8. The highest BCUT2D eigenvalue weighted by Crippen LogP contribution is 2.39. The Kier molecular flexibility index (Phi) is 5.25. The predicted molar refractivity (Wildman–Crippen MR) is 105 cm³/mol. The van der Waals surface area contributed by atoms with Gasteiger partial charge in [0, 0.05) is 45.2 Å². The van der Waals surface area contributed by atoms with Crippen LogP contribution >= 0.6 is 11.3 Å². The third kappa shape index (κ3) is 3.51. The summed E-state index contributed by atoms with van der Waals surface area (Å²) >= 11 is 1.50. The molecule has 6 nitrogen and oxygen atoms in total. The lowest BCUT2D eigenvalue weighted by Crippen LogP contribution is -2.60. The van der Waals surface area contributed by atoms with Crippen molar-refractivity contribution in [2.24, 2.45) is 0 Å². The molecule has 0 radical (unpaired) electrons. The molecule has 2 saturated heterocycles. The van der Waals surface area contributed by atoms with Crippen LogP contribution in [-0.4, -0.2) is 64.6 Å². The van der Waals surface area contributed by atoms with Crippen LogP contribution in [-0.2, 0) is 4.74 Å². The largest absolute Gasteiger partial charge is 0.378 e. The molecule has 2 aromatic heterocycles. The molecule has 144 valence electrons. The van der Waals surface area contributed by atoms with Gasteiger partial charge < -0.3 is 9.64 Å². The lowest BCUT2D eigenvalue weighted by Gasteiger charge is -2.53. The fourth-order valence-corrected chi connectivity index (χ4v) is 5.20. The molecule has 2 atom stereocenters. The molecule has 4 heterocycles. The number of pyridine rings is 1. The van der Waals surface area contributed by atoms with Crippen molar-refractivity contribution in [2.75, 3.05) is 26.7 Å². The first kappa shape index (κ1) is 18.5. The summed E-state index contributed by atoms with van der Waals surface area (Å²) in [6, 6.07) is 4.94. The Morgan fingerprint density at radius 2 is 1.93 bits per heavy atom. The Bertz CT molecular complexity index is 802. The van der Waals surface area contributed by atoms with E-state index in [4.69, 9.17) is 4.74 Å². The van der Waals surface area contributed by atoms with E-state index in [2.05, 4.69) is 27.0 Å². The zero-order chi connectivity index (χ0) is 19.0. The standard InChI is InChI=1S/C20H26N4O2S/c1-13-19(27-14(2)22-13)20(25)23-10-6-16(7-11-23)24-12-17(26-3)18(24)15-4-8-21-9-5-15/h4-5,8-9,16-18H,6-7,10-12H2,1-3H3. The van der Waals surface area contributed by atoms with Gasteiger partial charge in [0.2, 0.25) is 0 Å². The highest BCUT2D eigenvalue weighted by molar-refractivity contribution is 7.13. The maximum Gasteiger partial charge on any atom is 0.265 e. The van der Waals surface area contributed by atoms with E-state index in [1.165, 1.54) is 16.9 Å². The average Bonchev–Trinajstić information content (AvgIpc) is 3.00. The lowest BCUT2D eigenvalue weighted by molar-refractivity contribution is -0.115. The molecule has 4 rings (SSSR count). The van der Waals surface area contributed by atoms with Crippen molar-refractivity contribution in [3.8, 4) is 0 Å². The second-order valence-corrected chi connectivity index (χ2v) is 8.57. The minimum absolute atomic E-state index is 0.139. The van der Waals surface area contributed by atoms with Crippen molar-refractivity contribution in [3.05, 3.63) is 45.7 Å². The van der Waals surface area contributed by atoms with E-state index in [0.29, 0.717) is 6.04 Å². The highest BCUT2D eigenvalue weighted by Gasteiger charge is 2.44. The summed E-state index contributed by atoms with van der Waals surface area (Å²) in [5.74, 6) is 0.139. The van der Waals surface area contributed by atoms with E-state index in [-0.39, 0.29) is 18.1 Å². The zero-order valence-corrected chi connectivity index (χ0v) is 16.9. The minimum atomic E-state index is 0.139. The molecule has 2 unspecified atom stereocenters. The molecule has 27 heavy (non-hydrogen) atoms. The molecule has 0 aliphatic carbocycles.